The molecule has 0 fully saturated rings. The number of H-pyrrole nitrogens is 1. The monoisotopic (exact) mass is 445 g/mol. The van der Waals surface area contributed by atoms with Crippen LogP contribution in [0.4, 0.5) is 0 Å². The van der Waals surface area contributed by atoms with Gasteiger partial charge in [0.15, 0.2) is 0 Å². The highest BCUT2D eigenvalue weighted by molar-refractivity contribution is 6.31. The van der Waals surface area contributed by atoms with Crippen molar-refractivity contribution in [1.29, 1.82) is 0 Å². The molecule has 0 atom stereocenters. The van der Waals surface area contributed by atoms with Gasteiger partial charge >= 0.3 is 17.3 Å². The third kappa shape index (κ3) is 3.62. The molecule has 9 heteroatoms. The highest BCUT2D eigenvalue weighted by Crippen LogP contribution is 2.16. The normalized spacial score (nSPS) is 11.2. The van der Waals surface area contributed by atoms with E-state index in [0.29, 0.717) is 32.8 Å². The molecule has 0 bridgehead atoms. The number of aromatic amines is 1. The Morgan fingerprint density at radius 2 is 1.77 bits per heavy atom. The van der Waals surface area contributed by atoms with Gasteiger partial charge in [-0.05, 0) is 29.3 Å². The summed E-state index contributed by atoms with van der Waals surface area (Å²) in [7, 11) is 3.31. The maximum atomic E-state index is 13.2. The minimum Gasteiger partial charge on any atom is -0.426 e. The Morgan fingerprint density at radius 1 is 1.07 bits per heavy atom. The molecule has 0 saturated carbocycles. The standard InChI is InChI=1S/C21H18Cl2N4O3/c1-25-17-18(24-20(25)30-12-13-7-9-15(22)10-8-13)26(2)21(29)27(19(17)28)11-14-5-3-4-6-16(14)23/h3-10H,11-12H2,1-2H3/p+1. The van der Waals surface area contributed by atoms with Crippen molar-refractivity contribution in [2.45, 2.75) is 13.2 Å². The quantitative estimate of drug-likeness (QED) is 0.480. The first kappa shape index (κ1) is 20.3. The SMILES string of the molecule is Cn1c(=O)n(Cc2ccccc2Cl)c(=O)c2c1[nH]c(OCc1ccc(Cl)cc1)[n+]2C. The van der Waals surface area contributed by atoms with Crippen molar-refractivity contribution in [2.75, 3.05) is 0 Å². The van der Waals surface area contributed by atoms with Crippen LogP contribution in [0.5, 0.6) is 6.01 Å². The average molecular weight is 446 g/mol. The topological polar surface area (TPSA) is 72.9 Å². The lowest BCUT2D eigenvalue weighted by atomic mass is 10.2. The van der Waals surface area contributed by atoms with Crippen LogP contribution in [0.3, 0.4) is 0 Å². The molecule has 0 radical (unpaired) electrons. The van der Waals surface area contributed by atoms with E-state index in [2.05, 4.69) is 4.98 Å². The van der Waals surface area contributed by atoms with Crippen molar-refractivity contribution in [1.82, 2.24) is 14.1 Å². The number of hydrogen-bond acceptors (Lipinski definition) is 3. The smallest absolute Gasteiger partial charge is 0.426 e. The Bertz CT molecular complexity index is 1350. The van der Waals surface area contributed by atoms with Crippen molar-refractivity contribution in [3.05, 3.63) is 90.5 Å². The first-order valence-corrected chi connectivity index (χ1v) is 9.94. The molecule has 1 N–H and O–H groups in total. The van der Waals surface area contributed by atoms with Crippen LogP contribution in [0.25, 0.3) is 11.2 Å². The van der Waals surface area contributed by atoms with Crippen LogP contribution in [0.2, 0.25) is 10.0 Å². The van der Waals surface area contributed by atoms with E-state index in [0.717, 1.165) is 5.56 Å². The van der Waals surface area contributed by atoms with Gasteiger partial charge in [0.2, 0.25) is 0 Å². The van der Waals surface area contributed by atoms with Crippen LogP contribution < -0.4 is 20.6 Å². The van der Waals surface area contributed by atoms with Crippen molar-refractivity contribution < 1.29 is 9.30 Å². The number of benzene rings is 2. The van der Waals surface area contributed by atoms with E-state index in [4.69, 9.17) is 27.9 Å². The molecule has 2 aromatic carbocycles. The predicted molar refractivity (Wildman–Crippen MR) is 115 cm³/mol. The van der Waals surface area contributed by atoms with Crippen LogP contribution in [-0.2, 0) is 27.2 Å². The zero-order valence-corrected chi connectivity index (χ0v) is 17.9. The van der Waals surface area contributed by atoms with Crippen molar-refractivity contribution >= 4 is 34.4 Å². The van der Waals surface area contributed by atoms with E-state index in [1.165, 1.54) is 9.13 Å². The lowest BCUT2D eigenvalue weighted by Crippen LogP contribution is -2.43. The van der Waals surface area contributed by atoms with E-state index >= 15 is 0 Å². The Labute approximate surface area is 181 Å². The number of aromatic nitrogens is 4. The maximum Gasteiger partial charge on any atom is 0.456 e. The number of imidazole rings is 1. The molecule has 0 saturated heterocycles. The number of fused-ring (bicyclic) bond motifs is 1. The van der Waals surface area contributed by atoms with Gasteiger partial charge in [0, 0.05) is 17.1 Å². The van der Waals surface area contributed by atoms with Crippen LogP contribution in [0.1, 0.15) is 11.1 Å². The van der Waals surface area contributed by atoms with Gasteiger partial charge in [0.05, 0.1) is 13.6 Å². The van der Waals surface area contributed by atoms with Crippen molar-refractivity contribution in [2.24, 2.45) is 14.1 Å². The highest BCUT2D eigenvalue weighted by Gasteiger charge is 2.25. The number of hydrogen-bond donors (Lipinski definition) is 1. The number of halogens is 2. The summed E-state index contributed by atoms with van der Waals surface area (Å²) >= 11 is 12.1. The van der Waals surface area contributed by atoms with E-state index in [1.807, 2.05) is 18.2 Å². The largest absolute Gasteiger partial charge is 0.456 e. The molecular weight excluding hydrogens is 427 g/mol. The summed E-state index contributed by atoms with van der Waals surface area (Å²) < 4.78 is 10.0. The molecule has 7 nitrogen and oxygen atoms in total. The highest BCUT2D eigenvalue weighted by atomic mass is 35.5. The van der Waals surface area contributed by atoms with Crippen LogP contribution >= 0.6 is 23.2 Å². The zero-order chi connectivity index (χ0) is 21.4. The van der Waals surface area contributed by atoms with E-state index in [9.17, 15) is 9.59 Å². The fourth-order valence-corrected chi connectivity index (χ4v) is 3.61. The van der Waals surface area contributed by atoms with Crippen molar-refractivity contribution in [3.8, 4) is 6.01 Å². The molecular formula is C21H19Cl2N4O3+. The lowest BCUT2D eigenvalue weighted by Gasteiger charge is -2.08. The van der Waals surface area contributed by atoms with Gasteiger partial charge in [0.25, 0.3) is 11.2 Å². The molecule has 0 aliphatic rings. The summed E-state index contributed by atoms with van der Waals surface area (Å²) in [4.78, 5) is 29.0. The Kier molecular flexibility index (Phi) is 5.40. The number of ether oxygens (including phenoxy) is 1. The van der Waals surface area contributed by atoms with Gasteiger partial charge in [-0.2, -0.15) is 9.55 Å². The van der Waals surface area contributed by atoms with Crippen molar-refractivity contribution in [3.63, 3.8) is 0 Å². The first-order valence-electron chi connectivity index (χ1n) is 9.19. The molecule has 4 aromatic rings. The van der Waals surface area contributed by atoms with Gasteiger partial charge in [0.1, 0.15) is 6.61 Å². The second-order valence-electron chi connectivity index (χ2n) is 6.93. The minimum absolute atomic E-state index is 0.0767. The lowest BCUT2D eigenvalue weighted by molar-refractivity contribution is -0.652. The van der Waals surface area contributed by atoms with Crippen LogP contribution in [0, 0.1) is 0 Å². The maximum absolute atomic E-state index is 13.2. The molecule has 4 rings (SSSR count). The fraction of sp³-hybridized carbons (Fsp3) is 0.190. The number of nitrogens with zero attached hydrogens (tertiary/aromatic N) is 3. The Balaban J connectivity index is 1.75. The zero-order valence-electron chi connectivity index (χ0n) is 16.4. The Morgan fingerprint density at radius 3 is 2.47 bits per heavy atom. The molecule has 0 aliphatic carbocycles. The number of aryl methyl sites for hydroxylation is 2. The summed E-state index contributed by atoms with van der Waals surface area (Å²) in [6.07, 6.45) is 0. The Hall–Kier alpha value is -3.03. The summed E-state index contributed by atoms with van der Waals surface area (Å²) in [5.41, 5.74) is 1.45. The van der Waals surface area contributed by atoms with Gasteiger partial charge in [-0.3, -0.25) is 13.9 Å². The predicted octanol–water partition coefficient (Wildman–Crippen LogP) is 2.79. The third-order valence-corrected chi connectivity index (χ3v) is 5.59. The van der Waals surface area contributed by atoms with E-state index < -0.39 is 11.2 Å². The summed E-state index contributed by atoms with van der Waals surface area (Å²) in [5, 5.41) is 1.14. The van der Waals surface area contributed by atoms with Gasteiger partial charge in [-0.15, -0.1) is 0 Å². The third-order valence-electron chi connectivity index (χ3n) is 4.97. The summed E-state index contributed by atoms with van der Waals surface area (Å²) in [6.45, 7) is 0.354. The molecule has 0 amide bonds. The molecule has 2 heterocycles. The number of rotatable bonds is 5. The summed E-state index contributed by atoms with van der Waals surface area (Å²) in [5.74, 6) is 0. The summed E-state index contributed by atoms with van der Waals surface area (Å²) in [6, 6.07) is 14.8. The molecule has 0 spiro atoms. The van der Waals surface area contributed by atoms with Gasteiger partial charge in [-0.1, -0.05) is 53.5 Å². The molecule has 154 valence electrons. The second-order valence-corrected chi connectivity index (χ2v) is 7.77. The molecule has 2 aromatic heterocycles. The van der Waals surface area contributed by atoms with E-state index in [-0.39, 0.29) is 13.2 Å². The number of nitrogens with one attached hydrogen (secondary N) is 1. The molecule has 0 unspecified atom stereocenters. The fourth-order valence-electron chi connectivity index (χ4n) is 3.29. The van der Waals surface area contributed by atoms with Gasteiger partial charge < -0.3 is 4.74 Å². The van der Waals surface area contributed by atoms with Gasteiger partial charge in [-0.25, -0.2) is 4.79 Å². The van der Waals surface area contributed by atoms with Crippen LogP contribution in [-0.4, -0.2) is 14.1 Å². The second kappa shape index (κ2) is 8.01. The van der Waals surface area contributed by atoms with Crippen LogP contribution in [0.15, 0.2) is 58.1 Å². The van der Waals surface area contributed by atoms with E-state index in [1.54, 1.807) is 49.0 Å². The molecule has 0 aliphatic heterocycles. The minimum atomic E-state index is -0.446. The molecule has 30 heavy (non-hydrogen) atoms. The average Bonchev–Trinajstić information content (AvgIpc) is 3.07. The first-order chi connectivity index (χ1) is 14.4.